The minimum absolute atomic E-state index is 0.0660. The zero-order valence-corrected chi connectivity index (χ0v) is 7.36. The Kier molecular flexibility index (Phi) is 1.14. The molecular weight excluding hydrogens is 180 g/mol. The van der Waals surface area contributed by atoms with Gasteiger partial charge < -0.3 is 5.11 Å². The van der Waals surface area contributed by atoms with Crippen LogP contribution in [0.15, 0.2) is 24.3 Å². The molecule has 0 saturated heterocycles. The number of carbonyl (C=O) groups excluding carboxylic acids is 1. The number of ketones is 1. The number of carbonyl (C=O) groups is 2. The molecule has 3 heteroatoms. The van der Waals surface area contributed by atoms with Crippen molar-refractivity contribution < 1.29 is 14.7 Å². The molecule has 2 atom stereocenters. The molecule has 0 bridgehead atoms. The Morgan fingerprint density at radius 3 is 2.79 bits per heavy atom. The summed E-state index contributed by atoms with van der Waals surface area (Å²) < 4.78 is 0. The van der Waals surface area contributed by atoms with E-state index < -0.39 is 11.4 Å². The molecule has 0 spiro atoms. The van der Waals surface area contributed by atoms with Gasteiger partial charge in [0.05, 0.1) is 0 Å². The van der Waals surface area contributed by atoms with Gasteiger partial charge in [0.25, 0.3) is 0 Å². The molecule has 0 heterocycles. The summed E-state index contributed by atoms with van der Waals surface area (Å²) in [5.41, 5.74) is 0.426. The van der Waals surface area contributed by atoms with Gasteiger partial charge in [-0.25, -0.2) is 0 Å². The number of fused-ring (bicyclic) bond motifs is 3. The third kappa shape index (κ3) is 0.617. The Morgan fingerprint density at radius 2 is 2.14 bits per heavy atom. The molecule has 3 rings (SSSR count). The average Bonchev–Trinajstić information content (AvgIpc) is 2.88. The first-order valence-corrected chi connectivity index (χ1v) is 4.55. The van der Waals surface area contributed by atoms with Crippen molar-refractivity contribution in [2.75, 3.05) is 0 Å². The van der Waals surface area contributed by atoms with Crippen LogP contribution in [0, 0.1) is 5.41 Å². The summed E-state index contributed by atoms with van der Waals surface area (Å²) in [6.45, 7) is 0. The van der Waals surface area contributed by atoms with Gasteiger partial charge in [-0.3, -0.25) is 9.59 Å². The van der Waals surface area contributed by atoms with Crippen LogP contribution >= 0.6 is 0 Å². The van der Waals surface area contributed by atoms with Crippen molar-refractivity contribution in [1.82, 2.24) is 0 Å². The molecule has 3 nitrogen and oxygen atoms in total. The molecule has 1 N–H and O–H groups in total. The fourth-order valence-corrected chi connectivity index (χ4v) is 2.47. The first kappa shape index (κ1) is 7.74. The van der Waals surface area contributed by atoms with Crippen molar-refractivity contribution in [1.29, 1.82) is 0 Å². The Bertz CT molecular complexity index is 463. The number of carboxylic acid groups (broad SMARTS) is 1. The fraction of sp³-hybridized carbons (Fsp3) is 0.273. The Morgan fingerprint density at radius 1 is 1.43 bits per heavy atom. The fourth-order valence-electron chi connectivity index (χ4n) is 2.47. The second kappa shape index (κ2) is 2.05. The number of carboxylic acids is 1. The van der Waals surface area contributed by atoms with Gasteiger partial charge in [-0.05, 0) is 12.0 Å². The van der Waals surface area contributed by atoms with E-state index in [-0.39, 0.29) is 11.7 Å². The minimum Gasteiger partial charge on any atom is -0.480 e. The van der Waals surface area contributed by atoms with Gasteiger partial charge >= 0.3 is 5.97 Å². The van der Waals surface area contributed by atoms with Crippen LogP contribution in [0.4, 0.5) is 0 Å². The molecular formula is C11H8O3. The van der Waals surface area contributed by atoms with Crippen LogP contribution in [0.2, 0.25) is 0 Å². The summed E-state index contributed by atoms with van der Waals surface area (Å²) in [4.78, 5) is 22.8. The van der Waals surface area contributed by atoms with E-state index in [1.807, 2.05) is 12.1 Å². The minimum atomic E-state index is -1.09. The topological polar surface area (TPSA) is 54.4 Å². The highest BCUT2D eigenvalue weighted by atomic mass is 16.4. The quantitative estimate of drug-likeness (QED) is 0.678. The lowest BCUT2D eigenvalue weighted by Gasteiger charge is -2.03. The molecule has 14 heavy (non-hydrogen) atoms. The Balaban J connectivity index is 2.21. The third-order valence-corrected chi connectivity index (χ3v) is 3.33. The number of benzene rings is 1. The van der Waals surface area contributed by atoms with Crippen LogP contribution < -0.4 is 0 Å². The molecule has 2 aliphatic carbocycles. The van der Waals surface area contributed by atoms with Crippen molar-refractivity contribution in [2.45, 2.75) is 12.3 Å². The lowest BCUT2D eigenvalue weighted by Crippen LogP contribution is -2.23. The van der Waals surface area contributed by atoms with Gasteiger partial charge in [-0.1, -0.05) is 24.3 Å². The smallest absolute Gasteiger partial charge is 0.318 e. The van der Waals surface area contributed by atoms with Crippen LogP contribution in [0.5, 0.6) is 0 Å². The SMILES string of the molecule is O=C(O)C12CC1c1ccccc1C2=O. The van der Waals surface area contributed by atoms with E-state index in [1.54, 1.807) is 12.1 Å². The first-order valence-electron chi connectivity index (χ1n) is 4.55. The molecule has 0 aromatic heterocycles. The van der Waals surface area contributed by atoms with Crippen molar-refractivity contribution in [3.8, 4) is 0 Å². The highest BCUT2D eigenvalue weighted by Crippen LogP contribution is 2.66. The van der Waals surface area contributed by atoms with Crippen LogP contribution in [0.25, 0.3) is 0 Å². The van der Waals surface area contributed by atoms with Crippen LogP contribution in [-0.2, 0) is 4.79 Å². The summed E-state index contributed by atoms with van der Waals surface area (Å²) >= 11 is 0. The van der Waals surface area contributed by atoms with Gasteiger partial charge in [0.15, 0.2) is 5.78 Å². The van der Waals surface area contributed by atoms with Crippen LogP contribution in [0.3, 0.4) is 0 Å². The van der Waals surface area contributed by atoms with Crippen molar-refractivity contribution >= 4 is 11.8 Å². The summed E-state index contributed by atoms with van der Waals surface area (Å²) in [6.07, 6.45) is 0.484. The average molecular weight is 188 g/mol. The molecule has 0 amide bonds. The molecule has 0 aliphatic heterocycles. The largest absolute Gasteiger partial charge is 0.480 e. The number of hydrogen-bond acceptors (Lipinski definition) is 2. The molecule has 1 fully saturated rings. The van der Waals surface area contributed by atoms with E-state index in [1.165, 1.54) is 0 Å². The normalized spacial score (nSPS) is 32.3. The monoisotopic (exact) mass is 188 g/mol. The van der Waals surface area contributed by atoms with Gasteiger partial charge in [0.2, 0.25) is 0 Å². The molecule has 2 unspecified atom stereocenters. The molecule has 1 saturated carbocycles. The van der Waals surface area contributed by atoms with E-state index >= 15 is 0 Å². The van der Waals surface area contributed by atoms with Gasteiger partial charge in [-0.15, -0.1) is 0 Å². The van der Waals surface area contributed by atoms with E-state index in [2.05, 4.69) is 0 Å². The maximum absolute atomic E-state index is 11.8. The lowest BCUT2D eigenvalue weighted by atomic mass is 10.00. The maximum atomic E-state index is 11.8. The lowest BCUT2D eigenvalue weighted by molar-refractivity contribution is -0.141. The van der Waals surface area contributed by atoms with E-state index in [0.717, 1.165) is 5.56 Å². The molecule has 2 aliphatic rings. The van der Waals surface area contributed by atoms with E-state index in [0.29, 0.717) is 12.0 Å². The predicted octanol–water partition coefficient (Wildman–Crippen LogP) is 1.44. The summed E-state index contributed by atoms with van der Waals surface area (Å²) in [7, 11) is 0. The van der Waals surface area contributed by atoms with Gasteiger partial charge in [-0.2, -0.15) is 0 Å². The van der Waals surface area contributed by atoms with Crippen molar-refractivity contribution in [3.63, 3.8) is 0 Å². The van der Waals surface area contributed by atoms with Crippen LogP contribution in [-0.4, -0.2) is 16.9 Å². The molecule has 0 radical (unpaired) electrons. The number of aliphatic carboxylic acids is 1. The summed E-state index contributed by atoms with van der Waals surface area (Å²) in [5.74, 6) is -1.24. The molecule has 1 aromatic carbocycles. The summed E-state index contributed by atoms with van der Waals surface area (Å²) in [6, 6.07) is 7.20. The number of hydrogen-bond donors (Lipinski definition) is 1. The van der Waals surface area contributed by atoms with E-state index in [4.69, 9.17) is 5.11 Å². The maximum Gasteiger partial charge on any atom is 0.318 e. The zero-order valence-electron chi connectivity index (χ0n) is 7.36. The molecule has 1 aromatic rings. The zero-order chi connectivity index (χ0) is 9.92. The third-order valence-electron chi connectivity index (χ3n) is 3.33. The molecule has 70 valence electrons. The van der Waals surface area contributed by atoms with Gasteiger partial charge in [0.1, 0.15) is 5.41 Å². The number of Topliss-reactive ketones (excluding diaryl/α,β-unsaturated/α-hetero) is 1. The van der Waals surface area contributed by atoms with Gasteiger partial charge in [0, 0.05) is 11.5 Å². The van der Waals surface area contributed by atoms with Crippen LogP contribution in [0.1, 0.15) is 28.3 Å². The highest BCUT2D eigenvalue weighted by molar-refractivity contribution is 6.20. The predicted molar refractivity (Wildman–Crippen MR) is 48.2 cm³/mol. The second-order valence-electron chi connectivity index (χ2n) is 3.95. The standard InChI is InChI=1S/C11H8O3/c12-9-7-4-2-1-3-6(7)8-5-11(8,9)10(13)14/h1-4,8H,5H2,(H,13,14). The van der Waals surface area contributed by atoms with Crippen molar-refractivity contribution in [2.24, 2.45) is 5.41 Å². The van der Waals surface area contributed by atoms with E-state index in [9.17, 15) is 9.59 Å². The number of rotatable bonds is 1. The highest BCUT2D eigenvalue weighted by Gasteiger charge is 2.71. The summed E-state index contributed by atoms with van der Waals surface area (Å²) in [5, 5.41) is 9.04. The Labute approximate surface area is 80.4 Å². The first-order chi connectivity index (χ1) is 6.68. The van der Waals surface area contributed by atoms with Crippen molar-refractivity contribution in [3.05, 3.63) is 35.4 Å². The Hall–Kier alpha value is -1.64. The second-order valence-corrected chi connectivity index (χ2v) is 3.95.